The number of nitrogens with one attached hydrogen (secondary N) is 1. The van der Waals surface area contributed by atoms with E-state index in [-0.39, 0.29) is 17.5 Å². The average molecular weight is 374 g/mol. The Kier molecular flexibility index (Phi) is 4.50. The van der Waals surface area contributed by atoms with Crippen LogP contribution in [-0.2, 0) is 0 Å². The smallest absolute Gasteiger partial charge is 0.253 e. The number of carbonyl (C=O) groups is 1. The van der Waals surface area contributed by atoms with Crippen molar-refractivity contribution in [2.24, 2.45) is 0 Å². The molecule has 0 aliphatic carbocycles. The molecule has 8 heteroatoms. The zero-order valence-corrected chi connectivity index (χ0v) is 14.6. The van der Waals surface area contributed by atoms with Crippen LogP contribution in [0.2, 0.25) is 0 Å². The highest BCUT2D eigenvalue weighted by Gasteiger charge is 2.24. The van der Waals surface area contributed by atoms with Crippen LogP contribution in [0.15, 0.2) is 36.7 Å². The molecule has 0 bridgehead atoms. The van der Waals surface area contributed by atoms with Gasteiger partial charge in [-0.3, -0.25) is 9.78 Å². The lowest BCUT2D eigenvalue weighted by molar-refractivity contribution is 0.0930. The largest absolute Gasteiger partial charge is 0.349 e. The number of hydrogen-bond donors (Lipinski definition) is 1. The fraction of sp³-hybridized carbons (Fsp3) is 0.278. The van der Waals surface area contributed by atoms with Gasteiger partial charge in [0.1, 0.15) is 11.3 Å². The summed E-state index contributed by atoms with van der Waals surface area (Å²) in [7, 11) is 0. The van der Waals surface area contributed by atoms with Crippen LogP contribution in [-0.4, -0.2) is 35.0 Å². The molecule has 3 aromatic rings. The van der Waals surface area contributed by atoms with Gasteiger partial charge in [-0.1, -0.05) is 11.3 Å². The minimum atomic E-state index is -0.638. The number of piperidine rings is 1. The molecular weight excluding hydrogens is 358 g/mol. The standard InChI is InChI=1S/C18H16F2N4OS/c19-12-8-14(20)16-15(9-12)26-18(23-16)24-6-3-13(4-7-24)22-17(25)11-2-1-5-21-10-11/h1-2,5,8-10,13H,3-4,6-7H2,(H,22,25). The molecule has 4 rings (SSSR count). The van der Waals surface area contributed by atoms with Crippen molar-refractivity contribution < 1.29 is 13.6 Å². The van der Waals surface area contributed by atoms with Gasteiger partial charge in [0.2, 0.25) is 0 Å². The second-order valence-corrected chi connectivity index (χ2v) is 7.22. The zero-order valence-electron chi connectivity index (χ0n) is 13.8. The molecule has 1 fully saturated rings. The second-order valence-electron chi connectivity index (χ2n) is 6.21. The highest BCUT2D eigenvalue weighted by atomic mass is 32.1. The topological polar surface area (TPSA) is 58.1 Å². The first-order valence-electron chi connectivity index (χ1n) is 8.31. The van der Waals surface area contributed by atoms with Gasteiger partial charge < -0.3 is 10.2 Å². The first kappa shape index (κ1) is 16.8. The maximum absolute atomic E-state index is 13.8. The molecule has 26 heavy (non-hydrogen) atoms. The van der Waals surface area contributed by atoms with E-state index in [1.807, 2.05) is 0 Å². The van der Waals surface area contributed by atoms with Crippen LogP contribution in [0.1, 0.15) is 23.2 Å². The van der Waals surface area contributed by atoms with Crippen LogP contribution in [0.25, 0.3) is 10.2 Å². The number of aromatic nitrogens is 2. The van der Waals surface area contributed by atoms with Crippen molar-refractivity contribution in [1.29, 1.82) is 0 Å². The molecule has 1 amide bonds. The molecule has 5 nitrogen and oxygen atoms in total. The SMILES string of the molecule is O=C(NC1CCN(c2nc3c(F)cc(F)cc3s2)CC1)c1cccnc1. The molecule has 1 N–H and O–H groups in total. The van der Waals surface area contributed by atoms with E-state index < -0.39 is 11.6 Å². The van der Waals surface area contributed by atoms with E-state index in [0.29, 0.717) is 28.5 Å². The molecule has 0 saturated carbocycles. The van der Waals surface area contributed by atoms with Gasteiger partial charge in [-0.25, -0.2) is 13.8 Å². The van der Waals surface area contributed by atoms with E-state index >= 15 is 0 Å². The fourth-order valence-electron chi connectivity index (χ4n) is 3.06. The van der Waals surface area contributed by atoms with Crippen LogP contribution in [0.5, 0.6) is 0 Å². The van der Waals surface area contributed by atoms with E-state index in [4.69, 9.17) is 0 Å². The van der Waals surface area contributed by atoms with Gasteiger partial charge in [0.05, 0.1) is 10.3 Å². The number of rotatable bonds is 3. The maximum Gasteiger partial charge on any atom is 0.253 e. The van der Waals surface area contributed by atoms with Crippen LogP contribution < -0.4 is 10.2 Å². The number of amides is 1. The number of carbonyl (C=O) groups excluding carboxylic acids is 1. The molecule has 0 atom stereocenters. The van der Waals surface area contributed by atoms with Gasteiger partial charge in [-0.05, 0) is 31.0 Å². The molecule has 2 aromatic heterocycles. The van der Waals surface area contributed by atoms with Gasteiger partial charge in [0.15, 0.2) is 10.9 Å². The summed E-state index contributed by atoms with van der Waals surface area (Å²) in [5.74, 6) is -1.36. The minimum absolute atomic E-state index is 0.0718. The summed E-state index contributed by atoms with van der Waals surface area (Å²) in [6, 6.07) is 5.69. The average Bonchev–Trinajstić information content (AvgIpc) is 3.07. The van der Waals surface area contributed by atoms with Crippen molar-refractivity contribution in [3.63, 3.8) is 0 Å². The van der Waals surface area contributed by atoms with Crippen LogP contribution in [0.3, 0.4) is 0 Å². The maximum atomic E-state index is 13.8. The molecule has 0 spiro atoms. The fourth-order valence-corrected chi connectivity index (χ4v) is 4.12. The van der Waals surface area contributed by atoms with Gasteiger partial charge in [0.25, 0.3) is 5.91 Å². The number of thiazole rings is 1. The molecule has 134 valence electrons. The predicted molar refractivity (Wildman–Crippen MR) is 96.5 cm³/mol. The summed E-state index contributed by atoms with van der Waals surface area (Å²) < 4.78 is 27.7. The Hall–Kier alpha value is -2.61. The molecule has 1 aliphatic rings. The van der Waals surface area contributed by atoms with E-state index in [9.17, 15) is 13.6 Å². The predicted octanol–water partition coefficient (Wildman–Crippen LogP) is 3.37. The van der Waals surface area contributed by atoms with E-state index in [0.717, 1.165) is 18.9 Å². The third kappa shape index (κ3) is 3.37. The Morgan fingerprint density at radius 1 is 1.27 bits per heavy atom. The first-order chi connectivity index (χ1) is 12.6. The zero-order chi connectivity index (χ0) is 18.1. The van der Waals surface area contributed by atoms with Gasteiger partial charge in [-0.15, -0.1) is 0 Å². The van der Waals surface area contributed by atoms with E-state index in [2.05, 4.69) is 20.2 Å². The summed E-state index contributed by atoms with van der Waals surface area (Å²) in [6.45, 7) is 1.39. The van der Waals surface area contributed by atoms with E-state index in [1.54, 1.807) is 24.5 Å². The summed E-state index contributed by atoms with van der Waals surface area (Å²) >= 11 is 1.28. The van der Waals surface area contributed by atoms with Crippen molar-refractivity contribution in [3.8, 4) is 0 Å². The highest BCUT2D eigenvalue weighted by Crippen LogP contribution is 2.32. The van der Waals surface area contributed by atoms with Gasteiger partial charge in [0, 0.05) is 37.6 Å². The summed E-state index contributed by atoms with van der Waals surface area (Å²) in [5.41, 5.74) is 0.747. The van der Waals surface area contributed by atoms with Crippen molar-refractivity contribution >= 4 is 32.6 Å². The Balaban J connectivity index is 1.41. The Bertz CT molecular complexity index is 939. The lowest BCUT2D eigenvalue weighted by atomic mass is 10.1. The number of nitrogens with zero attached hydrogens (tertiary/aromatic N) is 3. The Morgan fingerprint density at radius 3 is 2.81 bits per heavy atom. The molecule has 0 radical (unpaired) electrons. The van der Waals surface area contributed by atoms with Crippen molar-refractivity contribution in [2.75, 3.05) is 18.0 Å². The summed E-state index contributed by atoms with van der Waals surface area (Å²) in [4.78, 5) is 22.5. The van der Waals surface area contributed by atoms with Crippen LogP contribution in [0.4, 0.5) is 13.9 Å². The number of benzene rings is 1. The highest BCUT2D eigenvalue weighted by molar-refractivity contribution is 7.22. The lowest BCUT2D eigenvalue weighted by Gasteiger charge is -2.32. The molecular formula is C18H16F2N4OS. The first-order valence-corrected chi connectivity index (χ1v) is 9.13. The Labute approximate surface area is 152 Å². The Morgan fingerprint density at radius 2 is 2.08 bits per heavy atom. The number of hydrogen-bond acceptors (Lipinski definition) is 5. The van der Waals surface area contributed by atoms with Crippen LogP contribution >= 0.6 is 11.3 Å². The molecule has 1 aliphatic heterocycles. The number of anilines is 1. The van der Waals surface area contributed by atoms with Crippen molar-refractivity contribution in [1.82, 2.24) is 15.3 Å². The number of halogens is 2. The quantitative estimate of drug-likeness (QED) is 0.764. The van der Waals surface area contributed by atoms with Gasteiger partial charge >= 0.3 is 0 Å². The molecule has 3 heterocycles. The van der Waals surface area contributed by atoms with Gasteiger partial charge in [-0.2, -0.15) is 0 Å². The summed E-state index contributed by atoms with van der Waals surface area (Å²) in [5, 5.41) is 3.70. The van der Waals surface area contributed by atoms with Crippen LogP contribution in [0, 0.1) is 11.6 Å². The molecule has 1 aromatic carbocycles. The normalized spacial score (nSPS) is 15.4. The molecule has 1 saturated heterocycles. The number of fused-ring (bicyclic) bond motifs is 1. The third-order valence-corrected chi connectivity index (χ3v) is 5.49. The monoisotopic (exact) mass is 374 g/mol. The number of pyridine rings is 1. The lowest BCUT2D eigenvalue weighted by Crippen LogP contribution is -2.44. The minimum Gasteiger partial charge on any atom is -0.349 e. The van der Waals surface area contributed by atoms with Crippen molar-refractivity contribution in [2.45, 2.75) is 18.9 Å². The van der Waals surface area contributed by atoms with E-state index in [1.165, 1.54) is 17.4 Å². The van der Waals surface area contributed by atoms with Crippen molar-refractivity contribution in [3.05, 3.63) is 53.9 Å². The summed E-state index contributed by atoms with van der Waals surface area (Å²) in [6.07, 6.45) is 4.69. The molecule has 0 unspecified atom stereocenters. The third-order valence-electron chi connectivity index (χ3n) is 4.43. The second kappa shape index (κ2) is 6.95.